The van der Waals surface area contributed by atoms with E-state index in [9.17, 15) is 5.11 Å². The molecule has 1 nitrogen and oxygen atoms in total. The molecule has 0 amide bonds. The molecule has 0 aromatic carbocycles. The second kappa shape index (κ2) is 2.97. The van der Waals surface area contributed by atoms with E-state index in [4.69, 9.17) is 0 Å². The molecule has 10 heavy (non-hydrogen) atoms. The van der Waals surface area contributed by atoms with Gasteiger partial charge in [0.2, 0.25) is 0 Å². The number of rotatable bonds is 2. The van der Waals surface area contributed by atoms with E-state index in [1.165, 1.54) is 12.2 Å². The van der Waals surface area contributed by atoms with Crippen LogP contribution in [0.3, 0.4) is 0 Å². The summed E-state index contributed by atoms with van der Waals surface area (Å²) in [6, 6.07) is 0. The Balaban J connectivity index is 2.57. The average molecular weight is 158 g/mol. The van der Waals surface area contributed by atoms with E-state index in [1.54, 1.807) is 6.08 Å². The minimum absolute atomic E-state index is 0.0573. The summed E-state index contributed by atoms with van der Waals surface area (Å²) in [6.45, 7) is 5.70. The summed E-state index contributed by atoms with van der Waals surface area (Å²) < 4.78 is 0.0573. The molecular weight excluding hydrogens is 144 g/mol. The zero-order chi connectivity index (χ0) is 7.61. The molecule has 2 heteroatoms. The lowest BCUT2D eigenvalue weighted by atomic mass is 9.99. The molecule has 0 aromatic rings. The lowest BCUT2D eigenvalue weighted by Crippen LogP contribution is -2.31. The van der Waals surface area contributed by atoms with Crippen molar-refractivity contribution in [1.29, 1.82) is 0 Å². The van der Waals surface area contributed by atoms with Crippen LogP contribution < -0.4 is 0 Å². The largest absolute Gasteiger partial charge is 0.388 e. The topological polar surface area (TPSA) is 20.2 Å². The maximum absolute atomic E-state index is 9.48. The van der Waals surface area contributed by atoms with E-state index in [-0.39, 0.29) is 10.9 Å². The molecular formula is C8H14OS. The molecule has 0 aliphatic carbocycles. The first-order chi connectivity index (χ1) is 4.69. The Labute approximate surface area is 66.5 Å². The van der Waals surface area contributed by atoms with Gasteiger partial charge >= 0.3 is 0 Å². The highest BCUT2D eigenvalue weighted by molar-refractivity contribution is 8.00. The van der Waals surface area contributed by atoms with E-state index in [0.717, 1.165) is 6.42 Å². The normalized spacial score (nSPS) is 35.8. The van der Waals surface area contributed by atoms with Crippen LogP contribution in [0.15, 0.2) is 12.7 Å². The molecule has 1 saturated heterocycles. The van der Waals surface area contributed by atoms with Crippen LogP contribution in [-0.2, 0) is 0 Å². The first-order valence-corrected chi connectivity index (χ1v) is 4.62. The molecule has 2 atom stereocenters. The van der Waals surface area contributed by atoms with Crippen LogP contribution in [0.1, 0.15) is 19.8 Å². The third-order valence-corrected chi connectivity index (χ3v) is 3.70. The van der Waals surface area contributed by atoms with Gasteiger partial charge in [-0.05, 0) is 25.5 Å². The van der Waals surface area contributed by atoms with Crippen LogP contribution >= 0.6 is 11.8 Å². The first-order valence-electron chi connectivity index (χ1n) is 3.63. The van der Waals surface area contributed by atoms with Crippen molar-refractivity contribution in [3.8, 4) is 0 Å². The molecule has 0 bridgehead atoms. The van der Waals surface area contributed by atoms with Gasteiger partial charge in [-0.1, -0.05) is 6.08 Å². The van der Waals surface area contributed by atoms with E-state index < -0.39 is 0 Å². The lowest BCUT2D eigenvalue weighted by Gasteiger charge is -2.26. The standard InChI is InChI=1S/C8H14OS/c1-3-7(9)8(2)5-4-6-10-8/h3,7,9H,1,4-6H2,2H3. The zero-order valence-electron chi connectivity index (χ0n) is 6.34. The molecule has 58 valence electrons. The predicted octanol–water partition coefficient (Wildman–Crippen LogP) is 1.82. The Kier molecular flexibility index (Phi) is 2.42. The lowest BCUT2D eigenvalue weighted by molar-refractivity contribution is 0.180. The van der Waals surface area contributed by atoms with Gasteiger partial charge in [-0.2, -0.15) is 11.8 Å². The van der Waals surface area contributed by atoms with E-state index in [2.05, 4.69) is 13.5 Å². The van der Waals surface area contributed by atoms with Gasteiger partial charge in [0.25, 0.3) is 0 Å². The van der Waals surface area contributed by atoms with Gasteiger partial charge in [0.05, 0.1) is 6.10 Å². The second-order valence-electron chi connectivity index (χ2n) is 2.95. The maximum Gasteiger partial charge on any atom is 0.0862 e. The summed E-state index contributed by atoms with van der Waals surface area (Å²) in [6.07, 6.45) is 3.65. The first kappa shape index (κ1) is 8.15. The highest BCUT2D eigenvalue weighted by atomic mass is 32.2. The van der Waals surface area contributed by atoms with Gasteiger partial charge in [-0.3, -0.25) is 0 Å². The van der Waals surface area contributed by atoms with Gasteiger partial charge in [0.1, 0.15) is 0 Å². The third kappa shape index (κ3) is 1.38. The molecule has 0 radical (unpaired) electrons. The second-order valence-corrected chi connectivity index (χ2v) is 4.57. The number of hydrogen-bond acceptors (Lipinski definition) is 2. The van der Waals surface area contributed by atoms with Gasteiger partial charge in [-0.25, -0.2) is 0 Å². The quantitative estimate of drug-likeness (QED) is 0.619. The molecule has 1 aliphatic heterocycles. The highest BCUT2D eigenvalue weighted by Gasteiger charge is 2.34. The van der Waals surface area contributed by atoms with Gasteiger partial charge in [0.15, 0.2) is 0 Å². The minimum atomic E-state index is -0.333. The summed E-state index contributed by atoms with van der Waals surface area (Å²) in [7, 11) is 0. The van der Waals surface area contributed by atoms with E-state index in [1.807, 2.05) is 11.8 Å². The van der Waals surface area contributed by atoms with E-state index in [0.29, 0.717) is 0 Å². The van der Waals surface area contributed by atoms with Crippen molar-refractivity contribution in [3.63, 3.8) is 0 Å². The van der Waals surface area contributed by atoms with Gasteiger partial charge in [-0.15, -0.1) is 6.58 Å². The van der Waals surface area contributed by atoms with E-state index >= 15 is 0 Å². The van der Waals surface area contributed by atoms with Crippen molar-refractivity contribution in [1.82, 2.24) is 0 Å². The highest BCUT2D eigenvalue weighted by Crippen LogP contribution is 2.40. The SMILES string of the molecule is C=CC(O)C1(C)CCCS1. The third-order valence-electron chi connectivity index (χ3n) is 2.10. The summed E-state index contributed by atoms with van der Waals surface area (Å²) in [5.74, 6) is 1.18. The van der Waals surface area contributed by atoms with Gasteiger partial charge in [0, 0.05) is 4.75 Å². The van der Waals surface area contributed by atoms with Crippen molar-refractivity contribution < 1.29 is 5.11 Å². The molecule has 1 N–H and O–H groups in total. The summed E-state index contributed by atoms with van der Waals surface area (Å²) in [4.78, 5) is 0. The predicted molar refractivity (Wildman–Crippen MR) is 46.3 cm³/mol. The van der Waals surface area contributed by atoms with Crippen LogP contribution in [0.4, 0.5) is 0 Å². The number of hydrogen-bond donors (Lipinski definition) is 1. The fraction of sp³-hybridized carbons (Fsp3) is 0.750. The Morgan fingerprint density at radius 3 is 2.90 bits per heavy atom. The van der Waals surface area contributed by atoms with Crippen molar-refractivity contribution >= 4 is 11.8 Å². The van der Waals surface area contributed by atoms with Crippen LogP contribution in [-0.4, -0.2) is 21.7 Å². The zero-order valence-corrected chi connectivity index (χ0v) is 7.16. The van der Waals surface area contributed by atoms with Crippen LogP contribution in [0.5, 0.6) is 0 Å². The summed E-state index contributed by atoms with van der Waals surface area (Å²) in [5.41, 5.74) is 0. The molecule has 0 aromatic heterocycles. The molecule has 1 rings (SSSR count). The Hall–Kier alpha value is 0.0500. The smallest absolute Gasteiger partial charge is 0.0862 e. The van der Waals surface area contributed by atoms with Crippen LogP contribution in [0.25, 0.3) is 0 Å². The number of thioether (sulfide) groups is 1. The monoisotopic (exact) mass is 158 g/mol. The van der Waals surface area contributed by atoms with Crippen molar-refractivity contribution in [2.24, 2.45) is 0 Å². The van der Waals surface area contributed by atoms with Crippen LogP contribution in [0, 0.1) is 0 Å². The molecule has 1 heterocycles. The Morgan fingerprint density at radius 1 is 1.80 bits per heavy atom. The Morgan fingerprint density at radius 2 is 2.50 bits per heavy atom. The maximum atomic E-state index is 9.48. The average Bonchev–Trinajstić information content (AvgIpc) is 2.36. The minimum Gasteiger partial charge on any atom is -0.388 e. The van der Waals surface area contributed by atoms with Crippen LogP contribution in [0.2, 0.25) is 0 Å². The van der Waals surface area contributed by atoms with Crippen molar-refractivity contribution in [2.75, 3.05) is 5.75 Å². The fourth-order valence-electron chi connectivity index (χ4n) is 1.28. The molecule has 1 aliphatic rings. The van der Waals surface area contributed by atoms with Gasteiger partial charge < -0.3 is 5.11 Å². The van der Waals surface area contributed by atoms with Crippen molar-refractivity contribution in [2.45, 2.75) is 30.6 Å². The molecule has 2 unspecified atom stereocenters. The fourth-order valence-corrected chi connectivity index (χ4v) is 2.59. The summed E-state index contributed by atoms with van der Waals surface area (Å²) in [5, 5.41) is 9.48. The Bertz CT molecular complexity index is 127. The number of aliphatic hydroxyl groups excluding tert-OH is 1. The molecule has 0 saturated carbocycles. The van der Waals surface area contributed by atoms with Crippen molar-refractivity contribution in [3.05, 3.63) is 12.7 Å². The number of aliphatic hydroxyl groups is 1. The molecule has 1 fully saturated rings. The molecule has 0 spiro atoms. The summed E-state index contributed by atoms with van der Waals surface area (Å²) >= 11 is 1.86.